The van der Waals surface area contributed by atoms with Gasteiger partial charge in [0.05, 0.1) is 0 Å². The molecule has 0 aliphatic heterocycles. The molecular weight excluding hydrogens is 216 g/mol. The number of benzene rings is 1. The average molecular weight is 236 g/mol. The van der Waals surface area contributed by atoms with Gasteiger partial charge in [-0.15, -0.1) is 0 Å². The van der Waals surface area contributed by atoms with E-state index < -0.39 is 0 Å². The lowest BCUT2D eigenvalue weighted by atomic mass is 9.72. The van der Waals surface area contributed by atoms with Gasteiger partial charge in [-0.3, -0.25) is 0 Å². The van der Waals surface area contributed by atoms with E-state index >= 15 is 0 Å². The van der Waals surface area contributed by atoms with Gasteiger partial charge >= 0.3 is 0 Å². The molecule has 1 aromatic carbocycles. The number of hydrogen-bond acceptors (Lipinski definition) is 0. The molecule has 0 spiro atoms. The zero-order valence-corrected chi connectivity index (χ0v) is 11.2. The number of hydrogen-bond donors (Lipinski definition) is 0. The first-order chi connectivity index (χ1) is 8.83. The zero-order valence-electron chi connectivity index (χ0n) is 11.2. The van der Waals surface area contributed by atoms with E-state index in [1.807, 2.05) is 0 Å². The fourth-order valence-corrected chi connectivity index (χ4v) is 3.43. The maximum atomic E-state index is 2.38. The molecule has 0 fully saturated rings. The lowest BCUT2D eigenvalue weighted by Crippen LogP contribution is -2.38. The van der Waals surface area contributed by atoms with Crippen molar-refractivity contribution >= 4 is 11.1 Å². The molecular formula is C18H20. The third-order valence-electron chi connectivity index (χ3n) is 4.32. The number of fused-ring (bicyclic) bond motifs is 2. The van der Waals surface area contributed by atoms with Crippen LogP contribution in [-0.4, -0.2) is 0 Å². The molecule has 2 atom stereocenters. The quantitative estimate of drug-likeness (QED) is 0.740. The Labute approximate surface area is 109 Å². The van der Waals surface area contributed by atoms with Crippen molar-refractivity contribution in [3.05, 3.63) is 59.0 Å². The van der Waals surface area contributed by atoms with Crippen molar-refractivity contribution < 1.29 is 0 Å². The van der Waals surface area contributed by atoms with Crippen LogP contribution in [0.3, 0.4) is 0 Å². The molecule has 3 rings (SSSR count). The van der Waals surface area contributed by atoms with E-state index in [4.69, 9.17) is 0 Å². The molecule has 0 heterocycles. The lowest BCUT2D eigenvalue weighted by Gasteiger charge is -2.31. The summed E-state index contributed by atoms with van der Waals surface area (Å²) in [6, 6.07) is 8.87. The van der Waals surface area contributed by atoms with Gasteiger partial charge in [0, 0.05) is 5.92 Å². The van der Waals surface area contributed by atoms with Crippen LogP contribution in [0.5, 0.6) is 0 Å². The third kappa shape index (κ3) is 1.68. The smallest absolute Gasteiger partial charge is 0.00929 e. The van der Waals surface area contributed by atoms with Crippen LogP contribution in [0, 0.1) is 11.8 Å². The number of rotatable bonds is 2. The molecule has 0 bridgehead atoms. The van der Waals surface area contributed by atoms with Gasteiger partial charge in [-0.1, -0.05) is 67.5 Å². The topological polar surface area (TPSA) is 0 Å². The Morgan fingerprint density at radius 2 is 1.83 bits per heavy atom. The van der Waals surface area contributed by atoms with Gasteiger partial charge in [0.25, 0.3) is 0 Å². The summed E-state index contributed by atoms with van der Waals surface area (Å²) in [5.41, 5.74) is 3.08. The van der Waals surface area contributed by atoms with E-state index in [1.165, 1.54) is 28.9 Å². The second-order valence-electron chi connectivity index (χ2n) is 5.35. The van der Waals surface area contributed by atoms with Crippen LogP contribution >= 0.6 is 0 Å². The molecule has 2 aliphatic carbocycles. The third-order valence-corrected chi connectivity index (χ3v) is 4.32. The van der Waals surface area contributed by atoms with Crippen LogP contribution in [0.15, 0.2) is 48.6 Å². The summed E-state index contributed by atoms with van der Waals surface area (Å²) in [7, 11) is 0. The van der Waals surface area contributed by atoms with E-state index in [0.29, 0.717) is 11.8 Å². The minimum absolute atomic E-state index is 0.588. The van der Waals surface area contributed by atoms with Crippen molar-refractivity contribution in [2.75, 3.05) is 0 Å². The first-order valence-electron chi connectivity index (χ1n) is 6.98. The van der Waals surface area contributed by atoms with Crippen LogP contribution in [0.2, 0.25) is 0 Å². The van der Waals surface area contributed by atoms with Gasteiger partial charge in [0.15, 0.2) is 0 Å². The zero-order chi connectivity index (χ0) is 12.5. The van der Waals surface area contributed by atoms with Crippen molar-refractivity contribution in [2.45, 2.75) is 26.7 Å². The molecule has 2 aliphatic rings. The highest BCUT2D eigenvalue weighted by atomic mass is 14.3. The van der Waals surface area contributed by atoms with Gasteiger partial charge in [-0.2, -0.15) is 0 Å². The second-order valence-corrected chi connectivity index (χ2v) is 5.35. The lowest BCUT2D eigenvalue weighted by molar-refractivity contribution is 0.520. The Morgan fingerprint density at radius 3 is 2.61 bits per heavy atom. The monoisotopic (exact) mass is 236 g/mol. The Hall–Kier alpha value is -1.56. The van der Waals surface area contributed by atoms with E-state index in [9.17, 15) is 0 Å². The van der Waals surface area contributed by atoms with Crippen LogP contribution in [0.25, 0.3) is 11.1 Å². The Balaban J connectivity index is 2.32. The molecule has 0 saturated carbocycles. The van der Waals surface area contributed by atoms with Gasteiger partial charge in [-0.25, -0.2) is 0 Å². The van der Waals surface area contributed by atoms with E-state index in [1.54, 1.807) is 5.57 Å². The van der Waals surface area contributed by atoms with Crippen molar-refractivity contribution in [2.24, 2.45) is 11.8 Å². The van der Waals surface area contributed by atoms with Gasteiger partial charge in [0.2, 0.25) is 0 Å². The summed E-state index contributed by atoms with van der Waals surface area (Å²) in [6.45, 7) is 4.61. The molecule has 0 radical (unpaired) electrons. The fraction of sp³-hybridized carbons (Fsp3) is 0.333. The summed E-state index contributed by atoms with van der Waals surface area (Å²) in [5, 5.41) is 2.90. The summed E-state index contributed by atoms with van der Waals surface area (Å²) >= 11 is 0. The molecule has 2 unspecified atom stereocenters. The van der Waals surface area contributed by atoms with Gasteiger partial charge in [0.1, 0.15) is 0 Å². The van der Waals surface area contributed by atoms with Gasteiger partial charge < -0.3 is 0 Å². The highest BCUT2D eigenvalue weighted by Gasteiger charge is 2.27. The second kappa shape index (κ2) is 4.61. The van der Waals surface area contributed by atoms with Crippen LogP contribution in [-0.2, 0) is 0 Å². The van der Waals surface area contributed by atoms with Crippen LogP contribution in [0.4, 0.5) is 0 Å². The summed E-state index contributed by atoms with van der Waals surface area (Å²) < 4.78 is 0. The van der Waals surface area contributed by atoms with Gasteiger partial charge in [-0.05, 0) is 35.3 Å². The average Bonchev–Trinajstić information content (AvgIpc) is 2.43. The first kappa shape index (κ1) is 11.5. The normalized spacial score (nSPS) is 25.0. The molecule has 0 heteroatoms. The van der Waals surface area contributed by atoms with Crippen LogP contribution in [0.1, 0.15) is 26.7 Å². The molecule has 92 valence electrons. The summed E-state index contributed by atoms with van der Waals surface area (Å²) in [4.78, 5) is 0. The minimum Gasteiger partial charge on any atom is -0.0764 e. The maximum absolute atomic E-state index is 2.38. The molecule has 1 aromatic rings. The Bertz CT molecular complexity index is 628. The SMILES string of the molecule is CCCC1C(C)=c2ccccc2=C2C=CC=CC21. The largest absolute Gasteiger partial charge is 0.0764 e. The predicted octanol–water partition coefficient (Wildman–Crippen LogP) is 3.18. The van der Waals surface area contributed by atoms with Crippen molar-refractivity contribution in [3.63, 3.8) is 0 Å². The summed E-state index contributed by atoms with van der Waals surface area (Å²) in [5.74, 6) is 1.27. The standard InChI is InChI=1S/C18H20/c1-3-8-14-13(2)15-9-4-5-11-17(15)18-12-7-6-10-16(14)18/h4-7,9-12,14,16H,3,8H2,1-2H3. The first-order valence-corrected chi connectivity index (χ1v) is 6.98. The van der Waals surface area contributed by atoms with Crippen molar-refractivity contribution in [1.82, 2.24) is 0 Å². The Morgan fingerprint density at radius 1 is 1.06 bits per heavy atom. The van der Waals surface area contributed by atoms with E-state index in [2.05, 4.69) is 62.4 Å². The van der Waals surface area contributed by atoms with Crippen molar-refractivity contribution in [1.29, 1.82) is 0 Å². The Kier molecular flexibility index (Phi) is 2.95. The van der Waals surface area contributed by atoms with Crippen LogP contribution < -0.4 is 10.4 Å². The molecule has 0 saturated heterocycles. The highest BCUT2D eigenvalue weighted by Crippen LogP contribution is 2.36. The summed E-state index contributed by atoms with van der Waals surface area (Å²) in [6.07, 6.45) is 11.6. The number of allylic oxidation sites excluding steroid dienone is 4. The van der Waals surface area contributed by atoms with Crippen molar-refractivity contribution in [3.8, 4) is 0 Å². The van der Waals surface area contributed by atoms with E-state index in [-0.39, 0.29) is 0 Å². The molecule has 0 amide bonds. The predicted molar refractivity (Wildman–Crippen MR) is 78.4 cm³/mol. The molecule has 0 aromatic heterocycles. The maximum Gasteiger partial charge on any atom is 0.00929 e. The molecule has 0 N–H and O–H groups in total. The fourth-order valence-electron chi connectivity index (χ4n) is 3.43. The minimum atomic E-state index is 0.588. The molecule has 18 heavy (non-hydrogen) atoms. The molecule has 0 nitrogen and oxygen atoms in total. The van der Waals surface area contributed by atoms with E-state index in [0.717, 1.165) is 0 Å². The highest BCUT2D eigenvalue weighted by molar-refractivity contribution is 5.70.